The number of nitrogens with two attached hydrogens (primary N) is 1. The number of rotatable bonds is 4. The molecular formula is C12H22N2O. The van der Waals surface area contributed by atoms with E-state index in [9.17, 15) is 0 Å². The number of nitrogens with zero attached hydrogens (tertiary/aromatic N) is 1. The lowest BCUT2D eigenvalue weighted by atomic mass is 10.0. The largest absolute Gasteiger partial charge is 0.374 e. The molecule has 0 radical (unpaired) electrons. The maximum absolute atomic E-state index is 6.05. The van der Waals surface area contributed by atoms with E-state index in [2.05, 4.69) is 24.7 Å². The van der Waals surface area contributed by atoms with Gasteiger partial charge in [-0.15, -0.1) is 12.3 Å². The Hall–Kier alpha value is -0.560. The Bertz CT molecular complexity index is 222. The van der Waals surface area contributed by atoms with Crippen molar-refractivity contribution in [2.45, 2.75) is 44.9 Å². The van der Waals surface area contributed by atoms with Crippen molar-refractivity contribution < 1.29 is 4.74 Å². The highest BCUT2D eigenvalue weighted by Crippen LogP contribution is 2.13. The first-order valence-corrected chi connectivity index (χ1v) is 5.70. The summed E-state index contributed by atoms with van der Waals surface area (Å²) in [5, 5.41) is 0. The van der Waals surface area contributed by atoms with Gasteiger partial charge in [-0.1, -0.05) is 0 Å². The van der Waals surface area contributed by atoms with E-state index in [1.807, 2.05) is 0 Å². The molecule has 0 bridgehead atoms. The van der Waals surface area contributed by atoms with Crippen LogP contribution in [0.4, 0.5) is 0 Å². The van der Waals surface area contributed by atoms with Crippen molar-refractivity contribution in [1.82, 2.24) is 4.90 Å². The molecule has 0 aromatic carbocycles. The zero-order chi connectivity index (χ0) is 11.3. The second-order valence-corrected chi connectivity index (χ2v) is 4.40. The molecule has 3 nitrogen and oxygen atoms in total. The molecule has 0 spiro atoms. The van der Waals surface area contributed by atoms with Gasteiger partial charge in [0, 0.05) is 31.6 Å². The summed E-state index contributed by atoms with van der Waals surface area (Å²) in [5.41, 5.74) is 6.05. The van der Waals surface area contributed by atoms with Crippen LogP contribution in [0, 0.1) is 12.3 Å². The minimum absolute atomic E-state index is 0.0719. The van der Waals surface area contributed by atoms with Gasteiger partial charge in [-0.3, -0.25) is 4.90 Å². The van der Waals surface area contributed by atoms with Crippen LogP contribution in [-0.4, -0.2) is 42.8 Å². The Balaban J connectivity index is 2.38. The predicted octanol–water partition coefficient (Wildman–Crippen LogP) is 0.836. The summed E-state index contributed by atoms with van der Waals surface area (Å²) in [7, 11) is 0. The van der Waals surface area contributed by atoms with E-state index in [1.54, 1.807) is 0 Å². The van der Waals surface area contributed by atoms with Crippen molar-refractivity contribution in [3.05, 3.63) is 0 Å². The first kappa shape index (κ1) is 12.5. The van der Waals surface area contributed by atoms with Crippen molar-refractivity contribution in [3.63, 3.8) is 0 Å². The molecule has 1 heterocycles. The van der Waals surface area contributed by atoms with Crippen LogP contribution >= 0.6 is 0 Å². The molecule has 0 aromatic rings. The Kier molecular flexibility index (Phi) is 5.10. The van der Waals surface area contributed by atoms with Gasteiger partial charge in [0.1, 0.15) is 0 Å². The molecule has 1 aliphatic heterocycles. The summed E-state index contributed by atoms with van der Waals surface area (Å²) in [5.74, 6) is 2.62. The maximum Gasteiger partial charge on any atom is 0.0853 e. The van der Waals surface area contributed by atoms with Gasteiger partial charge in [0.05, 0.1) is 12.7 Å². The minimum Gasteiger partial charge on any atom is -0.374 e. The summed E-state index contributed by atoms with van der Waals surface area (Å²) in [6, 6.07) is 0.638. The molecule has 1 aliphatic rings. The average molecular weight is 210 g/mol. The van der Waals surface area contributed by atoms with E-state index < -0.39 is 0 Å². The summed E-state index contributed by atoms with van der Waals surface area (Å²) in [4.78, 5) is 2.41. The Labute approximate surface area is 93.0 Å². The van der Waals surface area contributed by atoms with Gasteiger partial charge in [-0.25, -0.2) is 0 Å². The Morgan fingerprint density at radius 1 is 1.60 bits per heavy atom. The zero-order valence-corrected chi connectivity index (χ0v) is 9.78. The van der Waals surface area contributed by atoms with E-state index in [1.165, 1.54) is 0 Å². The third-order valence-electron chi connectivity index (χ3n) is 2.95. The van der Waals surface area contributed by atoms with Crippen LogP contribution < -0.4 is 5.73 Å². The van der Waals surface area contributed by atoms with Gasteiger partial charge < -0.3 is 10.5 Å². The fraction of sp³-hybridized carbons (Fsp3) is 0.833. The Morgan fingerprint density at radius 2 is 2.33 bits per heavy atom. The third kappa shape index (κ3) is 3.83. The van der Waals surface area contributed by atoms with Crippen LogP contribution in [0.5, 0.6) is 0 Å². The third-order valence-corrected chi connectivity index (χ3v) is 2.95. The number of hydrogen-bond donors (Lipinski definition) is 1. The second kappa shape index (κ2) is 6.12. The van der Waals surface area contributed by atoms with Crippen molar-refractivity contribution in [2.24, 2.45) is 5.73 Å². The summed E-state index contributed by atoms with van der Waals surface area (Å²) < 4.78 is 5.68. The Morgan fingerprint density at radius 3 is 2.93 bits per heavy atom. The molecule has 1 rings (SSSR count). The molecule has 1 saturated heterocycles. The molecular weight excluding hydrogens is 188 g/mol. The lowest BCUT2D eigenvalue weighted by molar-refractivity contribution is -0.0504. The van der Waals surface area contributed by atoms with Crippen molar-refractivity contribution in [2.75, 3.05) is 19.7 Å². The number of ether oxygens (including phenoxy) is 1. The molecule has 2 unspecified atom stereocenters. The van der Waals surface area contributed by atoms with Gasteiger partial charge >= 0.3 is 0 Å². The lowest BCUT2D eigenvalue weighted by Crippen LogP contribution is -2.52. The molecule has 2 N–H and O–H groups in total. The summed E-state index contributed by atoms with van der Waals surface area (Å²) in [6.07, 6.45) is 6.97. The first-order valence-electron chi connectivity index (χ1n) is 5.70. The van der Waals surface area contributed by atoms with Crippen LogP contribution in [0.15, 0.2) is 0 Å². The minimum atomic E-state index is 0.0719. The van der Waals surface area contributed by atoms with Gasteiger partial charge in [-0.05, 0) is 20.3 Å². The quantitative estimate of drug-likeness (QED) is 0.699. The molecule has 1 fully saturated rings. The van der Waals surface area contributed by atoms with Crippen molar-refractivity contribution >= 4 is 0 Å². The molecule has 15 heavy (non-hydrogen) atoms. The molecule has 0 amide bonds. The van der Waals surface area contributed by atoms with Gasteiger partial charge in [-0.2, -0.15) is 0 Å². The zero-order valence-electron chi connectivity index (χ0n) is 9.78. The highest BCUT2D eigenvalue weighted by Gasteiger charge is 2.26. The average Bonchev–Trinajstić information content (AvgIpc) is 2.26. The molecule has 0 saturated carbocycles. The highest BCUT2D eigenvalue weighted by molar-refractivity contribution is 4.88. The summed E-state index contributed by atoms with van der Waals surface area (Å²) in [6.45, 7) is 7.14. The molecule has 0 aliphatic carbocycles. The van der Waals surface area contributed by atoms with Gasteiger partial charge in [0.25, 0.3) is 0 Å². The normalized spacial score (nSPS) is 25.1. The van der Waals surface area contributed by atoms with E-state index in [-0.39, 0.29) is 12.1 Å². The standard InChI is InChI=1S/C12H22N2O/c1-4-5-6-11(13)12-9-14(10(2)3)7-8-15-12/h1,10-12H,5-9,13H2,2-3H3. The maximum atomic E-state index is 6.05. The van der Waals surface area contributed by atoms with Crippen LogP contribution in [-0.2, 0) is 4.74 Å². The fourth-order valence-electron chi connectivity index (χ4n) is 1.86. The van der Waals surface area contributed by atoms with E-state index >= 15 is 0 Å². The van der Waals surface area contributed by atoms with Gasteiger partial charge in [0.2, 0.25) is 0 Å². The number of hydrogen-bond acceptors (Lipinski definition) is 3. The molecule has 2 atom stereocenters. The molecule has 0 aromatic heterocycles. The van der Waals surface area contributed by atoms with Crippen LogP contribution in [0.3, 0.4) is 0 Å². The number of morpholine rings is 1. The topological polar surface area (TPSA) is 38.5 Å². The van der Waals surface area contributed by atoms with Crippen LogP contribution in [0.2, 0.25) is 0 Å². The fourth-order valence-corrected chi connectivity index (χ4v) is 1.86. The van der Waals surface area contributed by atoms with E-state index in [0.29, 0.717) is 6.04 Å². The molecule has 86 valence electrons. The lowest BCUT2D eigenvalue weighted by Gasteiger charge is -2.37. The van der Waals surface area contributed by atoms with Crippen molar-refractivity contribution in [3.8, 4) is 12.3 Å². The first-order chi connectivity index (χ1) is 7.15. The van der Waals surface area contributed by atoms with Crippen LogP contribution in [0.1, 0.15) is 26.7 Å². The van der Waals surface area contributed by atoms with Crippen LogP contribution in [0.25, 0.3) is 0 Å². The SMILES string of the molecule is C#CCCC(N)C1CN(C(C)C)CCO1. The predicted molar refractivity (Wildman–Crippen MR) is 62.5 cm³/mol. The van der Waals surface area contributed by atoms with E-state index in [4.69, 9.17) is 16.9 Å². The second-order valence-electron chi connectivity index (χ2n) is 4.40. The monoisotopic (exact) mass is 210 g/mol. The van der Waals surface area contributed by atoms with Crippen molar-refractivity contribution in [1.29, 1.82) is 0 Å². The highest BCUT2D eigenvalue weighted by atomic mass is 16.5. The molecule has 3 heteroatoms. The smallest absolute Gasteiger partial charge is 0.0853 e. The summed E-state index contributed by atoms with van der Waals surface area (Å²) >= 11 is 0. The number of terminal acetylenes is 1. The van der Waals surface area contributed by atoms with Gasteiger partial charge in [0.15, 0.2) is 0 Å². The van der Waals surface area contributed by atoms with E-state index in [0.717, 1.165) is 32.5 Å².